The quantitative estimate of drug-likeness (QED) is 0.733. The molecule has 3 heterocycles. The van der Waals surface area contributed by atoms with Crippen LogP contribution in [0.5, 0.6) is 5.88 Å². The molecule has 1 aromatic rings. The maximum absolute atomic E-state index is 12.3. The van der Waals surface area contributed by atoms with E-state index in [9.17, 15) is 23.1 Å². The van der Waals surface area contributed by atoms with Crippen LogP contribution in [0.2, 0.25) is 0 Å². The third-order valence-electron chi connectivity index (χ3n) is 3.74. The van der Waals surface area contributed by atoms with Crippen molar-refractivity contribution in [1.29, 1.82) is 0 Å². The number of hydrogen-bond acceptors (Lipinski definition) is 7. The highest BCUT2D eigenvalue weighted by Gasteiger charge is 2.62. The standard InChI is InChI=1S/C12H12N2O7S/c1-20-8-4-6(21-13-8)2-3-7-11(12(16)17)14-9(15)5-10(14)22(7,18)19/h2-4,7,10-11H,5H2,1H3,(H,16,17)/b3-2-/t7-,10?,11+/m0/s1. The Hall–Kier alpha value is -2.36. The van der Waals surface area contributed by atoms with Gasteiger partial charge >= 0.3 is 5.97 Å². The fourth-order valence-corrected chi connectivity index (χ4v) is 4.85. The number of amides is 1. The Balaban J connectivity index is 1.93. The molecule has 2 fully saturated rings. The van der Waals surface area contributed by atoms with Crippen molar-refractivity contribution >= 4 is 27.8 Å². The van der Waals surface area contributed by atoms with Gasteiger partial charge in [0.05, 0.1) is 13.5 Å². The summed E-state index contributed by atoms with van der Waals surface area (Å²) in [5.41, 5.74) is 0. The number of fused-ring (bicyclic) bond motifs is 1. The normalized spacial score (nSPS) is 29.4. The molecule has 0 aliphatic carbocycles. The highest BCUT2D eigenvalue weighted by Crippen LogP contribution is 2.40. The minimum absolute atomic E-state index is 0.174. The van der Waals surface area contributed by atoms with E-state index in [0.29, 0.717) is 0 Å². The number of nitrogens with zero attached hydrogens (tertiary/aromatic N) is 2. The summed E-state index contributed by atoms with van der Waals surface area (Å²) in [6.07, 6.45) is 2.34. The Kier molecular flexibility index (Phi) is 3.20. The van der Waals surface area contributed by atoms with Gasteiger partial charge in [0, 0.05) is 6.07 Å². The van der Waals surface area contributed by atoms with Crippen LogP contribution in [-0.2, 0) is 19.4 Å². The third-order valence-corrected chi connectivity index (χ3v) is 6.06. The van der Waals surface area contributed by atoms with Gasteiger partial charge in [0.25, 0.3) is 5.88 Å². The summed E-state index contributed by atoms with van der Waals surface area (Å²) in [4.78, 5) is 23.8. The fourth-order valence-electron chi connectivity index (χ4n) is 2.64. The van der Waals surface area contributed by atoms with E-state index >= 15 is 0 Å². The Morgan fingerprint density at radius 2 is 2.32 bits per heavy atom. The predicted octanol–water partition coefficient (Wildman–Crippen LogP) is -0.495. The second kappa shape index (κ2) is 4.83. The van der Waals surface area contributed by atoms with Crippen LogP contribution >= 0.6 is 0 Å². The number of aromatic nitrogens is 1. The molecule has 1 aromatic heterocycles. The van der Waals surface area contributed by atoms with E-state index < -0.39 is 38.4 Å². The maximum atomic E-state index is 12.3. The topological polar surface area (TPSA) is 127 Å². The number of carbonyl (C=O) groups is 2. The first kappa shape index (κ1) is 14.6. The van der Waals surface area contributed by atoms with Gasteiger partial charge in [0.2, 0.25) is 5.91 Å². The molecule has 2 aliphatic heterocycles. The van der Waals surface area contributed by atoms with Crippen molar-refractivity contribution < 1.29 is 32.4 Å². The number of rotatable bonds is 4. The lowest BCUT2D eigenvalue weighted by atomic mass is 10.1. The van der Waals surface area contributed by atoms with Gasteiger partial charge in [-0.05, 0) is 11.2 Å². The number of β-lactam (4-membered cyclic amide) rings is 1. The lowest BCUT2D eigenvalue weighted by Gasteiger charge is -2.34. The number of carboxylic acid groups (broad SMARTS) is 1. The monoisotopic (exact) mass is 328 g/mol. The first-order valence-corrected chi connectivity index (χ1v) is 7.93. The molecule has 9 nitrogen and oxygen atoms in total. The van der Waals surface area contributed by atoms with Crippen molar-refractivity contribution in [2.24, 2.45) is 0 Å². The van der Waals surface area contributed by atoms with Crippen molar-refractivity contribution in [2.45, 2.75) is 23.1 Å². The van der Waals surface area contributed by atoms with Crippen molar-refractivity contribution in [3.63, 3.8) is 0 Å². The summed E-state index contributed by atoms with van der Waals surface area (Å²) in [7, 11) is -2.39. The van der Waals surface area contributed by atoms with Crippen LogP contribution in [0.4, 0.5) is 0 Å². The summed E-state index contributed by atoms with van der Waals surface area (Å²) in [5.74, 6) is -1.40. The Bertz CT molecular complexity index is 766. The molecule has 0 bridgehead atoms. The Labute approximate surface area is 125 Å². The first-order chi connectivity index (χ1) is 10.4. The van der Waals surface area contributed by atoms with Gasteiger partial charge in [-0.15, -0.1) is 0 Å². The largest absolute Gasteiger partial charge is 0.480 e. The molecule has 1 amide bonds. The summed E-state index contributed by atoms with van der Waals surface area (Å²) in [6.45, 7) is 0. The molecule has 0 spiro atoms. The highest BCUT2D eigenvalue weighted by atomic mass is 32.2. The highest BCUT2D eigenvalue weighted by molar-refractivity contribution is 7.93. The van der Waals surface area contributed by atoms with Gasteiger partial charge < -0.3 is 19.3 Å². The third kappa shape index (κ3) is 1.98. The smallest absolute Gasteiger partial charge is 0.328 e. The molecule has 3 atom stereocenters. The number of carboxylic acids is 1. The number of aliphatic carboxylic acids is 1. The lowest BCUT2D eigenvalue weighted by Crippen LogP contribution is -2.56. The number of sulfone groups is 1. The molecular formula is C12H12N2O7S. The van der Waals surface area contributed by atoms with Gasteiger partial charge in [-0.3, -0.25) is 4.79 Å². The molecule has 2 aliphatic rings. The molecule has 1 unspecified atom stereocenters. The molecule has 0 radical (unpaired) electrons. The number of hydrogen-bond donors (Lipinski definition) is 1. The van der Waals surface area contributed by atoms with Crippen LogP contribution in [0.1, 0.15) is 12.2 Å². The van der Waals surface area contributed by atoms with Crippen LogP contribution < -0.4 is 4.74 Å². The molecule has 3 rings (SSSR count). The molecule has 118 valence electrons. The van der Waals surface area contributed by atoms with Gasteiger partial charge in [-0.2, -0.15) is 0 Å². The number of carbonyl (C=O) groups excluding carboxylic acids is 1. The predicted molar refractivity (Wildman–Crippen MR) is 71.5 cm³/mol. The maximum Gasteiger partial charge on any atom is 0.328 e. The van der Waals surface area contributed by atoms with Crippen LogP contribution in [0.15, 0.2) is 16.7 Å². The van der Waals surface area contributed by atoms with Crippen LogP contribution in [-0.4, -0.2) is 59.2 Å². The minimum Gasteiger partial charge on any atom is -0.480 e. The van der Waals surface area contributed by atoms with Gasteiger partial charge in [-0.1, -0.05) is 6.08 Å². The number of methoxy groups -OCH3 is 1. The zero-order valence-electron chi connectivity index (χ0n) is 11.4. The van der Waals surface area contributed by atoms with Gasteiger partial charge in [0.1, 0.15) is 10.6 Å². The molecule has 2 saturated heterocycles. The van der Waals surface area contributed by atoms with E-state index in [2.05, 4.69) is 5.16 Å². The van der Waals surface area contributed by atoms with E-state index in [1.54, 1.807) is 0 Å². The van der Waals surface area contributed by atoms with Crippen LogP contribution in [0.25, 0.3) is 6.08 Å². The molecule has 22 heavy (non-hydrogen) atoms. The lowest BCUT2D eigenvalue weighted by molar-refractivity contribution is -0.155. The van der Waals surface area contributed by atoms with E-state index in [1.807, 2.05) is 0 Å². The van der Waals surface area contributed by atoms with Gasteiger partial charge in [-0.25, -0.2) is 13.2 Å². The molecule has 1 N–H and O–H groups in total. The van der Waals surface area contributed by atoms with Gasteiger partial charge in [0.15, 0.2) is 21.6 Å². The van der Waals surface area contributed by atoms with Crippen molar-refractivity contribution in [3.8, 4) is 5.88 Å². The molecule has 0 aromatic carbocycles. The van der Waals surface area contributed by atoms with Crippen molar-refractivity contribution in [3.05, 3.63) is 17.9 Å². The molecule has 10 heteroatoms. The summed E-state index contributed by atoms with van der Waals surface area (Å²) in [5, 5.41) is 10.4. The fraction of sp³-hybridized carbons (Fsp3) is 0.417. The zero-order valence-corrected chi connectivity index (χ0v) is 12.2. The molecular weight excluding hydrogens is 316 g/mol. The SMILES string of the molecule is COc1cc(/C=C\[C@H]2[C@H](C(=O)O)N3C(=O)CC3S2(=O)=O)on1. The van der Waals surface area contributed by atoms with Crippen LogP contribution in [0.3, 0.4) is 0 Å². The average molecular weight is 328 g/mol. The van der Waals surface area contributed by atoms with Crippen molar-refractivity contribution in [1.82, 2.24) is 10.1 Å². The van der Waals surface area contributed by atoms with E-state index in [0.717, 1.165) is 4.90 Å². The van der Waals surface area contributed by atoms with Crippen LogP contribution in [0, 0.1) is 0 Å². The van der Waals surface area contributed by atoms with E-state index in [1.165, 1.54) is 25.3 Å². The zero-order chi connectivity index (χ0) is 16.1. The van der Waals surface area contributed by atoms with E-state index in [-0.39, 0.29) is 18.1 Å². The summed E-state index contributed by atoms with van der Waals surface area (Å²) >= 11 is 0. The Morgan fingerprint density at radius 1 is 1.59 bits per heavy atom. The first-order valence-electron chi connectivity index (χ1n) is 6.32. The Morgan fingerprint density at radius 3 is 2.86 bits per heavy atom. The second-order valence-corrected chi connectivity index (χ2v) is 7.19. The second-order valence-electron chi connectivity index (χ2n) is 4.93. The summed E-state index contributed by atoms with van der Waals surface area (Å²) in [6, 6.07) is 0.00534. The minimum atomic E-state index is -3.78. The van der Waals surface area contributed by atoms with E-state index in [4.69, 9.17) is 9.26 Å². The number of ether oxygens (including phenoxy) is 1. The molecule has 0 saturated carbocycles. The van der Waals surface area contributed by atoms with Crippen molar-refractivity contribution in [2.75, 3.05) is 7.11 Å². The average Bonchev–Trinajstić information content (AvgIpc) is 2.96. The summed E-state index contributed by atoms with van der Waals surface area (Å²) < 4.78 is 34.3.